The molecular weight excluding hydrogens is 390 g/mol. The number of aryl methyl sites for hydroxylation is 1. The molecule has 1 aliphatic heterocycles. The highest BCUT2D eigenvalue weighted by Crippen LogP contribution is 2.25. The van der Waals surface area contributed by atoms with Gasteiger partial charge in [-0.1, -0.05) is 5.21 Å². The molecule has 1 amide bonds. The van der Waals surface area contributed by atoms with Crippen molar-refractivity contribution in [2.45, 2.75) is 19.6 Å². The predicted molar refractivity (Wildman–Crippen MR) is 81.5 cm³/mol. The second-order valence-electron chi connectivity index (χ2n) is 4.77. The molecule has 1 aromatic carbocycles. The van der Waals surface area contributed by atoms with E-state index in [4.69, 9.17) is 4.74 Å². The van der Waals surface area contributed by atoms with E-state index in [9.17, 15) is 9.18 Å². The van der Waals surface area contributed by atoms with Crippen LogP contribution < -0.4 is 4.90 Å². The van der Waals surface area contributed by atoms with Gasteiger partial charge in [-0.2, -0.15) is 0 Å². The van der Waals surface area contributed by atoms with Gasteiger partial charge in [0.05, 0.1) is 30.7 Å². The van der Waals surface area contributed by atoms with Crippen molar-refractivity contribution in [1.29, 1.82) is 0 Å². The summed E-state index contributed by atoms with van der Waals surface area (Å²) in [6, 6.07) is 4.68. The van der Waals surface area contributed by atoms with E-state index < -0.39 is 6.09 Å². The summed E-state index contributed by atoms with van der Waals surface area (Å²) in [5.74, 6) is -0.350. The zero-order chi connectivity index (χ0) is 15.0. The number of hydrogen-bond donors (Lipinski definition) is 0. The van der Waals surface area contributed by atoms with E-state index in [1.54, 1.807) is 23.0 Å². The van der Waals surface area contributed by atoms with Crippen LogP contribution in [0.4, 0.5) is 14.9 Å². The van der Waals surface area contributed by atoms with Crippen molar-refractivity contribution in [2.24, 2.45) is 0 Å². The van der Waals surface area contributed by atoms with Gasteiger partial charge < -0.3 is 4.74 Å². The second-order valence-corrected chi connectivity index (χ2v) is 5.93. The maximum Gasteiger partial charge on any atom is 0.414 e. The highest BCUT2D eigenvalue weighted by molar-refractivity contribution is 14.1. The van der Waals surface area contributed by atoms with Crippen molar-refractivity contribution in [3.8, 4) is 0 Å². The normalized spacial score (nSPS) is 18.1. The van der Waals surface area contributed by atoms with Crippen LogP contribution in [-0.2, 0) is 11.3 Å². The summed E-state index contributed by atoms with van der Waals surface area (Å²) >= 11 is 1.90. The monoisotopic (exact) mass is 402 g/mol. The molecule has 0 unspecified atom stereocenters. The molecule has 21 heavy (non-hydrogen) atoms. The number of cyclic esters (lactones) is 1. The first-order valence-electron chi connectivity index (χ1n) is 6.33. The first-order valence-corrected chi connectivity index (χ1v) is 7.41. The number of amides is 1. The van der Waals surface area contributed by atoms with Gasteiger partial charge in [-0.3, -0.25) is 4.90 Å². The van der Waals surface area contributed by atoms with Crippen LogP contribution in [0.15, 0.2) is 24.4 Å². The molecular formula is C13H12FIN4O2. The number of ether oxygens (including phenoxy) is 1. The van der Waals surface area contributed by atoms with Crippen molar-refractivity contribution >= 4 is 34.4 Å². The Kier molecular flexibility index (Phi) is 3.79. The largest absolute Gasteiger partial charge is 0.442 e. The van der Waals surface area contributed by atoms with Crippen LogP contribution in [0, 0.1) is 16.3 Å². The van der Waals surface area contributed by atoms with Crippen LogP contribution in [0.25, 0.3) is 0 Å². The summed E-state index contributed by atoms with van der Waals surface area (Å²) in [6.45, 7) is 2.67. The molecule has 6 nitrogen and oxygen atoms in total. The molecule has 8 heteroatoms. The lowest BCUT2D eigenvalue weighted by Gasteiger charge is -2.13. The number of aromatic nitrogens is 3. The molecule has 1 fully saturated rings. The molecule has 2 aromatic rings. The van der Waals surface area contributed by atoms with Gasteiger partial charge >= 0.3 is 6.09 Å². The Morgan fingerprint density at radius 2 is 2.33 bits per heavy atom. The Labute approximate surface area is 134 Å². The van der Waals surface area contributed by atoms with Crippen LogP contribution in [0.5, 0.6) is 0 Å². The van der Waals surface area contributed by atoms with E-state index in [0.29, 0.717) is 22.3 Å². The fourth-order valence-electron chi connectivity index (χ4n) is 2.16. The van der Waals surface area contributed by atoms with E-state index in [1.807, 2.05) is 29.5 Å². The summed E-state index contributed by atoms with van der Waals surface area (Å²) in [6.07, 6.45) is 0.835. The van der Waals surface area contributed by atoms with Crippen LogP contribution >= 0.6 is 22.6 Å². The number of rotatable bonds is 3. The van der Waals surface area contributed by atoms with Gasteiger partial charge in [0.2, 0.25) is 0 Å². The molecule has 0 spiro atoms. The van der Waals surface area contributed by atoms with Gasteiger partial charge in [-0.25, -0.2) is 13.9 Å². The minimum Gasteiger partial charge on any atom is -0.442 e. The third-order valence-electron chi connectivity index (χ3n) is 3.28. The number of carbonyl (C=O) groups excluding carboxylic acids is 1. The molecule has 1 aromatic heterocycles. The first-order chi connectivity index (χ1) is 10.0. The Balaban J connectivity index is 1.75. The average Bonchev–Trinajstić information content (AvgIpc) is 3.00. The Bertz CT molecular complexity index is 691. The van der Waals surface area contributed by atoms with E-state index in [0.717, 1.165) is 5.69 Å². The topological polar surface area (TPSA) is 60.2 Å². The Morgan fingerprint density at radius 1 is 1.52 bits per heavy atom. The fraction of sp³-hybridized carbons (Fsp3) is 0.308. The fourth-order valence-corrected chi connectivity index (χ4v) is 2.50. The van der Waals surface area contributed by atoms with Crippen LogP contribution in [0.1, 0.15) is 5.69 Å². The molecule has 2 heterocycles. The second kappa shape index (κ2) is 5.58. The highest BCUT2D eigenvalue weighted by atomic mass is 127. The molecule has 0 bridgehead atoms. The summed E-state index contributed by atoms with van der Waals surface area (Å²) in [7, 11) is 0. The smallest absolute Gasteiger partial charge is 0.414 e. The third kappa shape index (κ3) is 2.85. The van der Waals surface area contributed by atoms with Crippen molar-refractivity contribution in [3.63, 3.8) is 0 Å². The van der Waals surface area contributed by atoms with Gasteiger partial charge in [-0.15, -0.1) is 5.10 Å². The van der Waals surface area contributed by atoms with E-state index in [1.165, 1.54) is 11.0 Å². The Morgan fingerprint density at radius 3 is 3.00 bits per heavy atom. The minimum atomic E-state index is -0.474. The lowest BCUT2D eigenvalue weighted by molar-refractivity contribution is 0.128. The number of anilines is 1. The SMILES string of the molecule is Cc1cnnn1C[C@H]1CN(c2ccc(I)c(F)c2)C(=O)O1. The number of halogens is 2. The van der Waals surface area contributed by atoms with Crippen LogP contribution in [0.2, 0.25) is 0 Å². The first kappa shape index (κ1) is 14.2. The quantitative estimate of drug-likeness (QED) is 0.740. The number of hydrogen-bond acceptors (Lipinski definition) is 4. The van der Waals surface area contributed by atoms with Crippen LogP contribution in [0.3, 0.4) is 0 Å². The summed E-state index contributed by atoms with van der Waals surface area (Å²) < 4.78 is 21.1. The van der Waals surface area contributed by atoms with E-state index >= 15 is 0 Å². The predicted octanol–water partition coefficient (Wildman–Crippen LogP) is 2.36. The van der Waals surface area contributed by atoms with Gasteiger partial charge in [-0.05, 0) is 47.7 Å². The van der Waals surface area contributed by atoms with Gasteiger partial charge in [0.25, 0.3) is 0 Å². The maximum absolute atomic E-state index is 13.6. The molecule has 0 N–H and O–H groups in total. The molecule has 110 valence electrons. The summed E-state index contributed by atoms with van der Waals surface area (Å²) in [5.41, 5.74) is 1.39. The van der Waals surface area contributed by atoms with Gasteiger partial charge in [0, 0.05) is 3.57 Å². The maximum atomic E-state index is 13.6. The van der Waals surface area contributed by atoms with Crippen molar-refractivity contribution in [1.82, 2.24) is 15.0 Å². The zero-order valence-electron chi connectivity index (χ0n) is 11.2. The Hall–Kier alpha value is -1.71. The summed E-state index contributed by atoms with van der Waals surface area (Å²) in [5, 5.41) is 7.71. The highest BCUT2D eigenvalue weighted by Gasteiger charge is 2.33. The van der Waals surface area contributed by atoms with Gasteiger partial charge in [0.15, 0.2) is 0 Å². The van der Waals surface area contributed by atoms with Gasteiger partial charge in [0.1, 0.15) is 11.9 Å². The summed E-state index contributed by atoms with van der Waals surface area (Å²) in [4.78, 5) is 13.4. The number of nitrogens with zero attached hydrogens (tertiary/aromatic N) is 4. The third-order valence-corrected chi connectivity index (χ3v) is 4.15. The molecule has 1 atom stereocenters. The minimum absolute atomic E-state index is 0.333. The average molecular weight is 402 g/mol. The van der Waals surface area contributed by atoms with E-state index in [-0.39, 0.29) is 11.9 Å². The lowest BCUT2D eigenvalue weighted by Crippen LogP contribution is -2.26. The zero-order valence-corrected chi connectivity index (χ0v) is 13.3. The number of benzene rings is 1. The van der Waals surface area contributed by atoms with E-state index in [2.05, 4.69) is 10.3 Å². The molecule has 0 saturated carbocycles. The molecule has 3 rings (SSSR count). The lowest BCUT2D eigenvalue weighted by atomic mass is 10.2. The number of carbonyl (C=O) groups is 1. The van der Waals surface area contributed by atoms with Crippen molar-refractivity contribution in [3.05, 3.63) is 39.5 Å². The van der Waals surface area contributed by atoms with Crippen molar-refractivity contribution in [2.75, 3.05) is 11.4 Å². The standard InChI is InChI=1S/C13H12FIN4O2/c1-8-5-16-17-19(8)7-10-6-18(13(20)21-10)9-2-3-12(15)11(14)4-9/h2-5,10H,6-7H2,1H3/t10-/m1/s1. The molecule has 1 saturated heterocycles. The molecule has 1 aliphatic rings. The molecule has 0 radical (unpaired) electrons. The van der Waals surface area contributed by atoms with Crippen molar-refractivity contribution < 1.29 is 13.9 Å². The molecule has 0 aliphatic carbocycles. The van der Waals surface area contributed by atoms with Crippen LogP contribution in [-0.4, -0.2) is 33.7 Å².